The fourth-order valence-corrected chi connectivity index (χ4v) is 5.18. The van der Waals surface area contributed by atoms with E-state index in [9.17, 15) is 0 Å². The molecule has 2 aromatic rings. The fourth-order valence-electron chi connectivity index (χ4n) is 3.84. The summed E-state index contributed by atoms with van der Waals surface area (Å²) in [6.07, 6.45) is 7.68. The van der Waals surface area contributed by atoms with E-state index in [2.05, 4.69) is 85.5 Å². The summed E-state index contributed by atoms with van der Waals surface area (Å²) in [6, 6.07) is 20.2. The van der Waals surface area contributed by atoms with Crippen molar-refractivity contribution in [2.75, 3.05) is 5.75 Å². The molecule has 0 aliphatic carbocycles. The molecule has 1 aliphatic rings. The molecule has 1 unspecified atom stereocenters. The smallest absolute Gasteiger partial charge is 0.0592 e. The average molecular weight is 354 g/mol. The molecular weight excluding hydrogens is 322 g/mol. The molecule has 1 nitrogen and oxygen atoms in total. The van der Waals surface area contributed by atoms with Gasteiger partial charge in [-0.25, -0.2) is 0 Å². The third-order valence-electron chi connectivity index (χ3n) is 5.34. The average Bonchev–Trinajstić information content (AvgIpc) is 2.84. The van der Waals surface area contributed by atoms with Gasteiger partial charge in [0.2, 0.25) is 0 Å². The summed E-state index contributed by atoms with van der Waals surface area (Å²) in [5.41, 5.74) is 3.05. The summed E-state index contributed by atoms with van der Waals surface area (Å²) >= 11 is 2.05. The molecular formula is C23H31NS. The maximum atomic E-state index is 4.15. The van der Waals surface area contributed by atoms with Gasteiger partial charge in [0.15, 0.2) is 0 Å². The first kappa shape index (κ1) is 18.5. The topological polar surface area (TPSA) is 12.0 Å². The van der Waals surface area contributed by atoms with Crippen LogP contribution < -0.4 is 5.32 Å². The minimum Gasteiger partial charge on any atom is -0.300 e. The summed E-state index contributed by atoms with van der Waals surface area (Å²) in [4.78, 5) is 1.44. The molecule has 2 aromatic carbocycles. The molecule has 134 valence electrons. The number of hydrogen-bond donors (Lipinski definition) is 1. The molecule has 0 fully saturated rings. The van der Waals surface area contributed by atoms with Crippen LogP contribution in [0.15, 0.2) is 59.5 Å². The lowest BCUT2D eigenvalue weighted by molar-refractivity contribution is 0.281. The largest absolute Gasteiger partial charge is 0.300 e. The third-order valence-corrected chi connectivity index (χ3v) is 6.71. The predicted molar refractivity (Wildman–Crippen MR) is 110 cm³/mol. The van der Waals surface area contributed by atoms with Gasteiger partial charge in [0, 0.05) is 16.2 Å². The van der Waals surface area contributed by atoms with E-state index in [1.54, 1.807) is 0 Å². The second-order valence-electron chi connectivity index (χ2n) is 7.30. The van der Waals surface area contributed by atoms with E-state index in [0.717, 1.165) is 0 Å². The minimum absolute atomic E-state index is 0.232. The second kappa shape index (κ2) is 8.91. The molecule has 25 heavy (non-hydrogen) atoms. The van der Waals surface area contributed by atoms with Gasteiger partial charge >= 0.3 is 0 Å². The van der Waals surface area contributed by atoms with Crippen molar-refractivity contribution in [3.05, 3.63) is 65.7 Å². The molecule has 1 heterocycles. The summed E-state index contributed by atoms with van der Waals surface area (Å²) < 4.78 is 0. The van der Waals surface area contributed by atoms with Gasteiger partial charge in [-0.2, -0.15) is 0 Å². The summed E-state index contributed by atoms with van der Waals surface area (Å²) in [6.45, 7) is 4.61. The van der Waals surface area contributed by atoms with E-state index in [-0.39, 0.29) is 5.54 Å². The molecule has 0 saturated heterocycles. The molecule has 0 aromatic heterocycles. The van der Waals surface area contributed by atoms with E-state index in [0.29, 0.717) is 6.04 Å². The van der Waals surface area contributed by atoms with Crippen LogP contribution in [0.25, 0.3) is 0 Å². The van der Waals surface area contributed by atoms with Crippen LogP contribution in [0.1, 0.15) is 69.5 Å². The number of unbranched alkanes of at least 4 members (excludes halogenated alkanes) is 2. The van der Waals surface area contributed by atoms with Crippen molar-refractivity contribution in [1.82, 2.24) is 5.32 Å². The number of fused-ring (bicyclic) bond motifs is 1. The number of benzene rings is 2. The maximum Gasteiger partial charge on any atom is 0.0592 e. The SMILES string of the molecule is CCCCC1(CCCC)CSc2ccccc2C(c2ccccc2)N1. The van der Waals surface area contributed by atoms with Crippen LogP contribution >= 0.6 is 11.8 Å². The van der Waals surface area contributed by atoms with E-state index in [1.165, 1.54) is 60.3 Å². The molecule has 1 aliphatic heterocycles. The van der Waals surface area contributed by atoms with Crippen LogP contribution in [0.3, 0.4) is 0 Å². The van der Waals surface area contributed by atoms with Crippen LogP contribution in [0, 0.1) is 0 Å². The highest BCUT2D eigenvalue weighted by atomic mass is 32.2. The van der Waals surface area contributed by atoms with Gasteiger partial charge < -0.3 is 0 Å². The lowest BCUT2D eigenvalue weighted by Crippen LogP contribution is -2.48. The monoisotopic (exact) mass is 353 g/mol. The Morgan fingerprint density at radius 3 is 2.24 bits per heavy atom. The summed E-state index contributed by atoms with van der Waals surface area (Å²) in [5.74, 6) is 1.17. The van der Waals surface area contributed by atoms with Crippen LogP contribution in [0.2, 0.25) is 0 Å². The Balaban J connectivity index is 1.99. The lowest BCUT2D eigenvalue weighted by Gasteiger charge is -2.37. The number of thioether (sulfide) groups is 1. The number of nitrogens with one attached hydrogen (secondary N) is 1. The summed E-state index contributed by atoms with van der Waals surface area (Å²) in [7, 11) is 0. The van der Waals surface area contributed by atoms with Crippen molar-refractivity contribution in [1.29, 1.82) is 0 Å². The Labute approximate surface area is 157 Å². The van der Waals surface area contributed by atoms with Crippen molar-refractivity contribution >= 4 is 11.8 Å². The van der Waals surface area contributed by atoms with Gasteiger partial charge in [-0.05, 0) is 30.0 Å². The fraction of sp³-hybridized carbons (Fsp3) is 0.478. The van der Waals surface area contributed by atoms with Gasteiger partial charge in [-0.15, -0.1) is 11.8 Å². The van der Waals surface area contributed by atoms with Crippen molar-refractivity contribution in [2.45, 2.75) is 68.8 Å². The van der Waals surface area contributed by atoms with Gasteiger partial charge in [0.1, 0.15) is 0 Å². The standard InChI is InChI=1S/C23H31NS/c1-3-5-16-23(17-6-4-2)18-25-21-15-11-10-14-20(21)22(24-23)19-12-8-7-9-13-19/h7-15,22,24H,3-6,16-18H2,1-2H3. The molecule has 3 rings (SSSR count). The molecule has 0 spiro atoms. The van der Waals surface area contributed by atoms with Crippen LogP contribution in [-0.4, -0.2) is 11.3 Å². The second-order valence-corrected chi connectivity index (χ2v) is 8.32. The van der Waals surface area contributed by atoms with Crippen molar-refractivity contribution in [2.24, 2.45) is 0 Å². The van der Waals surface area contributed by atoms with Crippen molar-refractivity contribution in [3.63, 3.8) is 0 Å². The maximum absolute atomic E-state index is 4.15. The normalized spacial score (nSPS) is 19.2. The molecule has 1 N–H and O–H groups in total. The zero-order valence-corrected chi connectivity index (χ0v) is 16.4. The van der Waals surface area contributed by atoms with E-state index >= 15 is 0 Å². The Hall–Kier alpha value is -1.25. The van der Waals surface area contributed by atoms with Crippen LogP contribution in [-0.2, 0) is 0 Å². The molecule has 0 radical (unpaired) electrons. The van der Waals surface area contributed by atoms with Gasteiger partial charge in [0.05, 0.1) is 6.04 Å². The Morgan fingerprint density at radius 2 is 1.56 bits per heavy atom. The van der Waals surface area contributed by atoms with Gasteiger partial charge in [-0.3, -0.25) is 5.32 Å². The first-order valence-corrected chi connectivity index (χ1v) is 10.8. The summed E-state index contributed by atoms with van der Waals surface area (Å²) in [5, 5.41) is 4.15. The van der Waals surface area contributed by atoms with E-state index < -0.39 is 0 Å². The van der Waals surface area contributed by atoms with Crippen molar-refractivity contribution < 1.29 is 0 Å². The quantitative estimate of drug-likeness (QED) is 0.602. The van der Waals surface area contributed by atoms with Gasteiger partial charge in [-0.1, -0.05) is 88.1 Å². The van der Waals surface area contributed by atoms with Crippen LogP contribution in [0.5, 0.6) is 0 Å². The predicted octanol–water partition coefficient (Wildman–Crippen LogP) is 6.59. The Morgan fingerprint density at radius 1 is 0.920 bits per heavy atom. The molecule has 2 heteroatoms. The molecule has 0 saturated carbocycles. The Bertz CT molecular complexity index is 644. The molecule has 0 bridgehead atoms. The highest BCUT2D eigenvalue weighted by molar-refractivity contribution is 7.99. The van der Waals surface area contributed by atoms with Crippen LogP contribution in [0.4, 0.5) is 0 Å². The molecule has 0 amide bonds. The zero-order chi connectivity index (χ0) is 17.5. The third kappa shape index (κ3) is 4.48. The Kier molecular flexibility index (Phi) is 6.61. The molecule has 1 atom stereocenters. The highest BCUT2D eigenvalue weighted by Gasteiger charge is 2.36. The number of hydrogen-bond acceptors (Lipinski definition) is 2. The first-order valence-electron chi connectivity index (χ1n) is 9.82. The number of rotatable bonds is 7. The highest BCUT2D eigenvalue weighted by Crippen LogP contribution is 2.41. The van der Waals surface area contributed by atoms with Gasteiger partial charge in [0.25, 0.3) is 0 Å². The zero-order valence-electron chi connectivity index (χ0n) is 15.6. The minimum atomic E-state index is 0.232. The first-order chi connectivity index (χ1) is 12.3. The van der Waals surface area contributed by atoms with Crippen molar-refractivity contribution in [3.8, 4) is 0 Å². The lowest BCUT2D eigenvalue weighted by atomic mass is 9.86. The van der Waals surface area contributed by atoms with E-state index in [1.807, 2.05) is 0 Å². The van der Waals surface area contributed by atoms with E-state index in [4.69, 9.17) is 0 Å².